The molecule has 0 atom stereocenters. The lowest BCUT2D eigenvalue weighted by atomic mass is 9.81. The van der Waals surface area contributed by atoms with Gasteiger partial charge in [-0.2, -0.15) is 0 Å². The second-order valence-electron chi connectivity index (χ2n) is 12.1. The number of hydrogen-bond donors (Lipinski definition) is 0. The minimum Gasteiger partial charge on any atom is -0.379 e. The molecule has 5 heterocycles. The van der Waals surface area contributed by atoms with Crippen LogP contribution in [-0.4, -0.2) is 84.6 Å². The molecule has 8 nitrogen and oxygen atoms in total. The van der Waals surface area contributed by atoms with Crippen molar-refractivity contribution in [2.75, 3.05) is 46.4 Å². The molecule has 1 saturated carbocycles. The van der Waals surface area contributed by atoms with E-state index in [1.54, 1.807) is 41.8 Å². The molecule has 1 aliphatic carbocycles. The third-order valence-corrected chi connectivity index (χ3v) is 12.1. The monoisotopic (exact) mass is 605 g/mol. The van der Waals surface area contributed by atoms with Gasteiger partial charge in [0.1, 0.15) is 5.01 Å². The van der Waals surface area contributed by atoms with Crippen LogP contribution in [0.3, 0.4) is 0 Å². The van der Waals surface area contributed by atoms with Gasteiger partial charge in [-0.1, -0.05) is 18.2 Å². The zero-order valence-electron chi connectivity index (χ0n) is 24.2. The summed E-state index contributed by atoms with van der Waals surface area (Å²) in [4.78, 5) is 15.2. The normalized spacial score (nSPS) is 23.5. The minimum atomic E-state index is -3.82. The van der Waals surface area contributed by atoms with E-state index in [4.69, 9.17) is 14.7 Å². The number of piperidine rings is 1. The number of pyridine rings is 1. The highest BCUT2D eigenvalue weighted by Gasteiger charge is 2.30. The maximum Gasteiger partial charge on any atom is 0.269 e. The van der Waals surface area contributed by atoms with Crippen molar-refractivity contribution >= 4 is 32.4 Å². The quantitative estimate of drug-likeness (QED) is 0.285. The number of rotatable bonds is 6. The zero-order valence-corrected chi connectivity index (χ0v) is 25.8. The SMILES string of the molecule is CN1CCC(c2csc(-c3cn(S(=O)(=O)c4ccccc4)c4ncc(C5CCC(N6CCOCC6)CC5)cc34)n2)CC1. The van der Waals surface area contributed by atoms with Crippen LogP contribution in [0.15, 0.2) is 59.1 Å². The van der Waals surface area contributed by atoms with Crippen molar-refractivity contribution in [3.8, 4) is 10.6 Å². The summed E-state index contributed by atoms with van der Waals surface area (Å²) in [6, 6.07) is 11.5. The zero-order chi connectivity index (χ0) is 28.7. The number of benzene rings is 1. The van der Waals surface area contributed by atoms with Crippen LogP contribution < -0.4 is 0 Å². The Kier molecular flexibility index (Phi) is 7.92. The molecule has 0 spiro atoms. The van der Waals surface area contributed by atoms with Crippen molar-refractivity contribution in [3.05, 3.63) is 65.4 Å². The van der Waals surface area contributed by atoms with E-state index in [9.17, 15) is 8.42 Å². The lowest BCUT2D eigenvalue weighted by molar-refractivity contribution is 0.00729. The Balaban J connectivity index is 1.24. The predicted octanol–water partition coefficient (Wildman–Crippen LogP) is 5.56. The minimum absolute atomic E-state index is 0.256. The average Bonchev–Trinajstić information content (AvgIpc) is 3.68. The van der Waals surface area contributed by atoms with Gasteiger partial charge < -0.3 is 9.64 Å². The van der Waals surface area contributed by atoms with E-state index < -0.39 is 10.0 Å². The second kappa shape index (κ2) is 11.8. The van der Waals surface area contributed by atoms with Crippen LogP contribution in [0.4, 0.5) is 0 Å². The topological polar surface area (TPSA) is 80.6 Å². The van der Waals surface area contributed by atoms with Gasteiger partial charge >= 0.3 is 0 Å². The molecule has 0 bridgehead atoms. The summed E-state index contributed by atoms with van der Waals surface area (Å²) in [5, 5.41) is 3.90. The Labute approximate surface area is 252 Å². The third kappa shape index (κ3) is 5.43. The Morgan fingerprint density at radius 2 is 1.67 bits per heavy atom. The molecule has 0 amide bonds. The molecule has 0 radical (unpaired) electrons. The maximum atomic E-state index is 13.8. The van der Waals surface area contributed by atoms with Crippen molar-refractivity contribution in [1.82, 2.24) is 23.7 Å². The molecule has 3 aromatic heterocycles. The molecule has 2 aliphatic heterocycles. The summed E-state index contributed by atoms with van der Waals surface area (Å²) in [5.74, 6) is 0.871. The van der Waals surface area contributed by atoms with E-state index in [0.717, 1.165) is 86.7 Å². The molecule has 0 unspecified atom stereocenters. The summed E-state index contributed by atoms with van der Waals surface area (Å²) < 4.78 is 34.6. The molecule has 222 valence electrons. The molecule has 3 aliphatic rings. The Morgan fingerprint density at radius 3 is 2.40 bits per heavy atom. The van der Waals surface area contributed by atoms with Gasteiger partial charge in [0.15, 0.2) is 5.65 Å². The molecule has 4 aromatic rings. The van der Waals surface area contributed by atoms with Crippen LogP contribution in [0.5, 0.6) is 0 Å². The van der Waals surface area contributed by atoms with Crippen molar-refractivity contribution in [2.45, 2.75) is 61.3 Å². The molecular formula is C32H39N5O3S2. The van der Waals surface area contributed by atoms with Gasteiger partial charge in [-0.3, -0.25) is 4.90 Å². The first-order valence-corrected chi connectivity index (χ1v) is 17.6. The van der Waals surface area contributed by atoms with Crippen LogP contribution in [0.25, 0.3) is 21.6 Å². The number of thiazole rings is 1. The fourth-order valence-corrected chi connectivity index (χ4v) is 9.27. The highest BCUT2D eigenvalue weighted by Crippen LogP contribution is 2.40. The van der Waals surface area contributed by atoms with Gasteiger partial charge in [-0.15, -0.1) is 11.3 Å². The average molecular weight is 606 g/mol. The van der Waals surface area contributed by atoms with Gasteiger partial charge in [-0.05, 0) is 88.3 Å². The molecule has 42 heavy (non-hydrogen) atoms. The summed E-state index contributed by atoms with van der Waals surface area (Å²) in [6.45, 7) is 5.89. The standard InChI is InChI=1S/C32H39N5O3S2/c1-35-13-11-24(12-14-35)30-22-41-32(34-30)29-21-37(42(38,39)27-5-3-2-4-6-27)31-28(29)19-25(20-33-31)23-7-9-26(10-8-23)36-15-17-40-18-16-36/h2-6,19-24,26H,7-18H2,1H3. The largest absolute Gasteiger partial charge is 0.379 e. The number of fused-ring (bicyclic) bond motifs is 1. The van der Waals surface area contributed by atoms with E-state index in [0.29, 0.717) is 23.5 Å². The van der Waals surface area contributed by atoms with Crippen LogP contribution in [0.2, 0.25) is 0 Å². The number of aromatic nitrogens is 3. The van der Waals surface area contributed by atoms with Crippen LogP contribution in [0.1, 0.15) is 61.6 Å². The third-order valence-electron chi connectivity index (χ3n) is 9.55. The van der Waals surface area contributed by atoms with E-state index in [1.807, 2.05) is 12.3 Å². The van der Waals surface area contributed by atoms with Crippen LogP contribution in [0, 0.1) is 0 Å². The van der Waals surface area contributed by atoms with Crippen LogP contribution in [-0.2, 0) is 14.8 Å². The van der Waals surface area contributed by atoms with Crippen molar-refractivity contribution in [2.24, 2.45) is 0 Å². The number of morpholine rings is 1. The second-order valence-corrected chi connectivity index (χ2v) is 14.8. The molecule has 0 N–H and O–H groups in total. The highest BCUT2D eigenvalue weighted by atomic mass is 32.2. The van der Waals surface area contributed by atoms with Gasteiger partial charge in [0.05, 0.1) is 23.8 Å². The molecule has 1 aromatic carbocycles. The maximum absolute atomic E-state index is 13.8. The summed E-state index contributed by atoms with van der Waals surface area (Å²) in [5.41, 5.74) is 3.65. The molecule has 2 saturated heterocycles. The van der Waals surface area contributed by atoms with Gasteiger partial charge in [0, 0.05) is 53.8 Å². The van der Waals surface area contributed by atoms with Gasteiger partial charge in [0.2, 0.25) is 0 Å². The number of ether oxygens (including phenoxy) is 1. The van der Waals surface area contributed by atoms with Crippen LogP contribution >= 0.6 is 11.3 Å². The summed E-state index contributed by atoms with van der Waals surface area (Å²) >= 11 is 1.61. The van der Waals surface area contributed by atoms with E-state index in [2.05, 4.69) is 28.3 Å². The first-order chi connectivity index (χ1) is 20.5. The highest BCUT2D eigenvalue weighted by molar-refractivity contribution is 7.90. The Morgan fingerprint density at radius 1 is 0.929 bits per heavy atom. The lowest BCUT2D eigenvalue weighted by Gasteiger charge is -2.38. The van der Waals surface area contributed by atoms with Crippen molar-refractivity contribution in [1.29, 1.82) is 0 Å². The summed E-state index contributed by atoms with van der Waals surface area (Å²) in [7, 11) is -1.65. The number of hydrogen-bond acceptors (Lipinski definition) is 8. The lowest BCUT2D eigenvalue weighted by Crippen LogP contribution is -2.44. The Hall–Kier alpha value is -2.63. The molecule has 3 fully saturated rings. The van der Waals surface area contributed by atoms with E-state index in [1.165, 1.54) is 22.4 Å². The molecule has 10 heteroatoms. The first kappa shape index (κ1) is 28.2. The first-order valence-electron chi connectivity index (χ1n) is 15.2. The van der Waals surface area contributed by atoms with Crippen molar-refractivity contribution in [3.63, 3.8) is 0 Å². The van der Waals surface area contributed by atoms with E-state index in [-0.39, 0.29) is 4.90 Å². The number of nitrogens with zero attached hydrogens (tertiary/aromatic N) is 5. The fourth-order valence-electron chi connectivity index (χ4n) is 7.00. The molecular weight excluding hydrogens is 567 g/mol. The van der Waals surface area contributed by atoms with Crippen molar-refractivity contribution < 1.29 is 13.2 Å². The summed E-state index contributed by atoms with van der Waals surface area (Å²) in [6.07, 6.45) is 10.4. The predicted molar refractivity (Wildman–Crippen MR) is 167 cm³/mol. The molecule has 7 rings (SSSR count). The fraction of sp³-hybridized carbons (Fsp3) is 0.500. The number of likely N-dealkylation sites (tertiary alicyclic amines) is 1. The van der Waals surface area contributed by atoms with Gasteiger partial charge in [0.25, 0.3) is 10.0 Å². The van der Waals surface area contributed by atoms with E-state index >= 15 is 0 Å². The van der Waals surface area contributed by atoms with Gasteiger partial charge in [-0.25, -0.2) is 22.4 Å². The Bertz CT molecular complexity index is 1630. The smallest absolute Gasteiger partial charge is 0.269 e.